The van der Waals surface area contributed by atoms with E-state index in [1.165, 1.54) is 36.5 Å². The van der Waals surface area contributed by atoms with E-state index in [9.17, 15) is 14.4 Å². The highest BCUT2D eigenvalue weighted by atomic mass is 16.4. The first-order chi connectivity index (χ1) is 15.8. The molecule has 162 valence electrons. The van der Waals surface area contributed by atoms with E-state index >= 15 is 0 Å². The zero-order valence-corrected chi connectivity index (χ0v) is 17.0. The smallest absolute Gasteiger partial charge is 0.354 e. The third kappa shape index (κ3) is 4.59. The van der Waals surface area contributed by atoms with Crippen molar-refractivity contribution in [3.63, 3.8) is 0 Å². The van der Waals surface area contributed by atoms with Crippen molar-refractivity contribution in [1.82, 2.24) is 9.97 Å². The Labute approximate surface area is 187 Å². The summed E-state index contributed by atoms with van der Waals surface area (Å²) in [6.07, 6.45) is 1.42. The normalized spacial score (nSPS) is 10.5. The second-order valence-corrected chi connectivity index (χ2v) is 7.13. The summed E-state index contributed by atoms with van der Waals surface area (Å²) in [5, 5.41) is 27.4. The van der Waals surface area contributed by atoms with Crippen LogP contribution in [-0.2, 0) is 0 Å². The second-order valence-electron chi connectivity index (χ2n) is 7.13. The fourth-order valence-electron chi connectivity index (χ4n) is 3.25. The van der Waals surface area contributed by atoms with Crippen LogP contribution in [0.15, 0.2) is 79.0 Å². The summed E-state index contributed by atoms with van der Waals surface area (Å²) in [5.41, 5.74) is 4.06. The number of nitrogens with zero attached hydrogens (tertiary/aromatic N) is 2. The van der Waals surface area contributed by atoms with Gasteiger partial charge in [0.15, 0.2) is 0 Å². The van der Waals surface area contributed by atoms with E-state index in [-0.39, 0.29) is 16.8 Å². The Hall–Kier alpha value is -4.85. The van der Waals surface area contributed by atoms with Crippen LogP contribution in [0.4, 0.5) is 0 Å². The molecule has 2 aromatic heterocycles. The molecule has 0 bridgehead atoms. The highest BCUT2D eigenvalue weighted by Gasteiger charge is 2.12. The van der Waals surface area contributed by atoms with Crippen molar-refractivity contribution in [2.24, 2.45) is 0 Å². The predicted octanol–water partition coefficient (Wildman–Crippen LogP) is 4.57. The quantitative estimate of drug-likeness (QED) is 0.396. The van der Waals surface area contributed by atoms with Gasteiger partial charge in [-0.2, -0.15) is 0 Å². The SMILES string of the molecule is O=C(O)c1ccc(-c2cc(-c3ccc(C(=O)O)cc3)nc(-c3ccc(C(=O)O)nc3)c2)cc1. The van der Waals surface area contributed by atoms with Gasteiger partial charge in [-0.3, -0.25) is 0 Å². The van der Waals surface area contributed by atoms with Gasteiger partial charge in [-0.15, -0.1) is 0 Å². The molecule has 0 radical (unpaired) electrons. The van der Waals surface area contributed by atoms with E-state index in [0.29, 0.717) is 22.5 Å². The number of carboxylic acids is 3. The highest BCUT2D eigenvalue weighted by molar-refractivity contribution is 5.89. The summed E-state index contributed by atoms with van der Waals surface area (Å²) in [6.45, 7) is 0. The number of carbonyl (C=O) groups is 3. The van der Waals surface area contributed by atoms with E-state index < -0.39 is 17.9 Å². The van der Waals surface area contributed by atoms with Crippen molar-refractivity contribution >= 4 is 17.9 Å². The number of hydrogen-bond acceptors (Lipinski definition) is 5. The first kappa shape index (κ1) is 21.4. The molecule has 0 atom stereocenters. The molecule has 0 amide bonds. The molecule has 8 heteroatoms. The van der Waals surface area contributed by atoms with Crippen LogP contribution < -0.4 is 0 Å². The van der Waals surface area contributed by atoms with Crippen LogP contribution in [0.3, 0.4) is 0 Å². The van der Waals surface area contributed by atoms with E-state index in [0.717, 1.165) is 11.1 Å². The molecule has 0 unspecified atom stereocenters. The molecule has 0 aliphatic carbocycles. The van der Waals surface area contributed by atoms with Gasteiger partial charge < -0.3 is 15.3 Å². The van der Waals surface area contributed by atoms with Gasteiger partial charge in [-0.05, 0) is 59.7 Å². The van der Waals surface area contributed by atoms with Gasteiger partial charge in [0.05, 0.1) is 22.5 Å². The molecule has 0 aliphatic heterocycles. The molecule has 2 heterocycles. The standard InChI is InChI=1S/C25H16N2O6/c28-23(29)16-5-1-14(2-6-16)19-11-21(15-3-7-17(8-4-15)24(30)31)27-22(12-19)18-9-10-20(25(32)33)26-13-18/h1-13H,(H,28,29)(H,30,31)(H,32,33). The van der Waals surface area contributed by atoms with Crippen molar-refractivity contribution in [2.75, 3.05) is 0 Å². The molecule has 4 rings (SSSR count). The molecule has 2 aromatic carbocycles. The molecular formula is C25H16N2O6. The van der Waals surface area contributed by atoms with Crippen molar-refractivity contribution in [2.45, 2.75) is 0 Å². The van der Waals surface area contributed by atoms with Crippen LogP contribution in [0.5, 0.6) is 0 Å². The second kappa shape index (κ2) is 8.72. The summed E-state index contributed by atoms with van der Waals surface area (Å²) in [4.78, 5) is 42.1. The van der Waals surface area contributed by atoms with Gasteiger partial charge in [-0.1, -0.05) is 24.3 Å². The highest BCUT2D eigenvalue weighted by Crippen LogP contribution is 2.30. The predicted molar refractivity (Wildman–Crippen MR) is 119 cm³/mol. The Balaban J connectivity index is 1.84. The average molecular weight is 440 g/mol. The molecule has 8 nitrogen and oxygen atoms in total. The van der Waals surface area contributed by atoms with Gasteiger partial charge in [0, 0.05) is 17.3 Å². The van der Waals surface area contributed by atoms with Gasteiger partial charge >= 0.3 is 17.9 Å². The largest absolute Gasteiger partial charge is 0.478 e. The molecular weight excluding hydrogens is 424 g/mol. The fourth-order valence-corrected chi connectivity index (χ4v) is 3.25. The number of carboxylic acid groups (broad SMARTS) is 3. The number of benzene rings is 2. The average Bonchev–Trinajstić information content (AvgIpc) is 2.84. The van der Waals surface area contributed by atoms with Crippen LogP contribution in [0.2, 0.25) is 0 Å². The van der Waals surface area contributed by atoms with E-state index in [1.54, 1.807) is 36.4 Å². The van der Waals surface area contributed by atoms with Crippen LogP contribution in [0.25, 0.3) is 33.6 Å². The van der Waals surface area contributed by atoms with E-state index in [4.69, 9.17) is 15.3 Å². The molecule has 0 saturated heterocycles. The topological polar surface area (TPSA) is 138 Å². The minimum Gasteiger partial charge on any atom is -0.478 e. The van der Waals surface area contributed by atoms with Crippen LogP contribution >= 0.6 is 0 Å². The Morgan fingerprint density at radius 2 is 1.03 bits per heavy atom. The molecule has 0 aliphatic rings. The lowest BCUT2D eigenvalue weighted by atomic mass is 9.99. The Morgan fingerprint density at radius 3 is 1.48 bits per heavy atom. The maximum Gasteiger partial charge on any atom is 0.354 e. The first-order valence-corrected chi connectivity index (χ1v) is 9.71. The Morgan fingerprint density at radius 1 is 0.545 bits per heavy atom. The minimum absolute atomic E-state index is 0.0938. The monoisotopic (exact) mass is 440 g/mol. The number of aromatic carboxylic acids is 3. The van der Waals surface area contributed by atoms with Crippen molar-refractivity contribution in [3.8, 4) is 33.6 Å². The van der Waals surface area contributed by atoms with Crippen LogP contribution in [0, 0.1) is 0 Å². The maximum atomic E-state index is 11.2. The molecule has 4 aromatic rings. The lowest BCUT2D eigenvalue weighted by Crippen LogP contribution is -2.00. The van der Waals surface area contributed by atoms with Gasteiger partial charge in [-0.25, -0.2) is 24.4 Å². The zero-order chi connectivity index (χ0) is 23.5. The van der Waals surface area contributed by atoms with Crippen molar-refractivity contribution < 1.29 is 29.7 Å². The lowest BCUT2D eigenvalue weighted by Gasteiger charge is -2.11. The summed E-state index contributed by atoms with van der Waals surface area (Å²) < 4.78 is 0. The summed E-state index contributed by atoms with van der Waals surface area (Å²) in [5.74, 6) is -3.20. The van der Waals surface area contributed by atoms with Gasteiger partial charge in [0.1, 0.15) is 5.69 Å². The van der Waals surface area contributed by atoms with Crippen LogP contribution in [-0.4, -0.2) is 43.2 Å². The fraction of sp³-hybridized carbons (Fsp3) is 0. The molecule has 0 spiro atoms. The lowest BCUT2D eigenvalue weighted by molar-refractivity contribution is 0.0681. The first-order valence-electron chi connectivity index (χ1n) is 9.71. The third-order valence-corrected chi connectivity index (χ3v) is 5.00. The van der Waals surface area contributed by atoms with Gasteiger partial charge in [0.2, 0.25) is 0 Å². The number of pyridine rings is 2. The van der Waals surface area contributed by atoms with E-state index in [1.807, 2.05) is 6.07 Å². The summed E-state index contributed by atoms with van der Waals surface area (Å²) >= 11 is 0. The molecule has 0 saturated carbocycles. The third-order valence-electron chi connectivity index (χ3n) is 5.00. The summed E-state index contributed by atoms with van der Waals surface area (Å²) in [7, 11) is 0. The molecule has 33 heavy (non-hydrogen) atoms. The molecule has 0 fully saturated rings. The number of hydrogen-bond donors (Lipinski definition) is 3. The van der Waals surface area contributed by atoms with Crippen molar-refractivity contribution in [1.29, 1.82) is 0 Å². The Kier molecular flexibility index (Phi) is 5.65. The van der Waals surface area contributed by atoms with Crippen molar-refractivity contribution in [3.05, 3.63) is 95.8 Å². The zero-order valence-electron chi connectivity index (χ0n) is 17.0. The molecule has 3 N–H and O–H groups in total. The Bertz CT molecular complexity index is 1180. The number of rotatable bonds is 6. The van der Waals surface area contributed by atoms with Crippen LogP contribution in [0.1, 0.15) is 31.2 Å². The minimum atomic E-state index is -1.14. The number of aromatic nitrogens is 2. The van der Waals surface area contributed by atoms with Gasteiger partial charge in [0.25, 0.3) is 0 Å². The van der Waals surface area contributed by atoms with E-state index in [2.05, 4.69) is 9.97 Å². The maximum absolute atomic E-state index is 11.2. The summed E-state index contributed by atoms with van der Waals surface area (Å²) in [6, 6.07) is 19.2.